The van der Waals surface area contributed by atoms with Crippen molar-refractivity contribution < 1.29 is 14.7 Å². The summed E-state index contributed by atoms with van der Waals surface area (Å²) in [6.07, 6.45) is 3.52. The second-order valence-corrected chi connectivity index (χ2v) is 5.76. The van der Waals surface area contributed by atoms with Crippen LogP contribution in [0.5, 0.6) is 0 Å². The molecule has 1 amide bonds. The maximum atomic E-state index is 11.9. The van der Waals surface area contributed by atoms with Crippen LogP contribution < -0.4 is 5.32 Å². The largest absolute Gasteiger partial charge is 0.480 e. The molecule has 0 radical (unpaired) electrons. The molecule has 21 heavy (non-hydrogen) atoms. The fourth-order valence-electron chi connectivity index (χ4n) is 2.65. The monoisotopic (exact) mass is 286 g/mol. The van der Waals surface area contributed by atoms with Gasteiger partial charge in [-0.15, -0.1) is 0 Å². The molecular formula is C16H18N2O3. The third-order valence-corrected chi connectivity index (χ3v) is 4.20. The van der Waals surface area contributed by atoms with E-state index >= 15 is 0 Å². The first-order valence-electron chi connectivity index (χ1n) is 7.11. The van der Waals surface area contributed by atoms with E-state index in [1.807, 2.05) is 13.1 Å². The molecule has 1 aromatic carbocycles. The van der Waals surface area contributed by atoms with Gasteiger partial charge < -0.3 is 15.4 Å². The molecule has 3 N–H and O–H groups in total. The molecule has 1 fully saturated rings. The molecule has 5 heteroatoms. The topological polar surface area (TPSA) is 82.2 Å². The van der Waals surface area contributed by atoms with Crippen molar-refractivity contribution in [2.45, 2.75) is 26.2 Å². The summed E-state index contributed by atoms with van der Waals surface area (Å²) < 4.78 is 0. The van der Waals surface area contributed by atoms with Gasteiger partial charge in [0.15, 0.2) is 0 Å². The van der Waals surface area contributed by atoms with Crippen molar-refractivity contribution in [1.29, 1.82) is 0 Å². The Hall–Kier alpha value is -2.30. The van der Waals surface area contributed by atoms with Crippen molar-refractivity contribution in [1.82, 2.24) is 10.3 Å². The Kier molecular flexibility index (Phi) is 3.20. The summed E-state index contributed by atoms with van der Waals surface area (Å²) in [5.41, 5.74) is 2.25. The number of fused-ring (bicyclic) bond motifs is 1. The van der Waals surface area contributed by atoms with Gasteiger partial charge in [0.2, 0.25) is 5.91 Å². The lowest BCUT2D eigenvalue weighted by Crippen LogP contribution is -2.37. The zero-order valence-electron chi connectivity index (χ0n) is 11.9. The van der Waals surface area contributed by atoms with Crippen LogP contribution in [-0.4, -0.2) is 28.5 Å². The number of aryl methyl sites for hydroxylation is 1. The van der Waals surface area contributed by atoms with E-state index in [2.05, 4.69) is 28.5 Å². The van der Waals surface area contributed by atoms with E-state index < -0.39 is 11.4 Å². The molecule has 5 nitrogen and oxygen atoms in total. The highest BCUT2D eigenvalue weighted by atomic mass is 16.4. The van der Waals surface area contributed by atoms with Gasteiger partial charge >= 0.3 is 5.97 Å². The lowest BCUT2D eigenvalue weighted by molar-refractivity contribution is -0.149. The number of aromatic amines is 1. The van der Waals surface area contributed by atoms with Crippen molar-refractivity contribution in [3.8, 4) is 0 Å². The van der Waals surface area contributed by atoms with Crippen LogP contribution in [0.2, 0.25) is 0 Å². The Morgan fingerprint density at radius 1 is 1.38 bits per heavy atom. The predicted molar refractivity (Wildman–Crippen MR) is 79.1 cm³/mol. The first-order chi connectivity index (χ1) is 10.0. The lowest BCUT2D eigenvalue weighted by atomic mass is 10.1. The molecule has 0 unspecified atom stereocenters. The highest BCUT2D eigenvalue weighted by molar-refractivity contribution is 6.04. The maximum Gasteiger partial charge on any atom is 0.319 e. The summed E-state index contributed by atoms with van der Waals surface area (Å²) in [5, 5.41) is 13.0. The average Bonchev–Trinajstić information content (AvgIpc) is 3.17. The fourth-order valence-corrected chi connectivity index (χ4v) is 2.65. The summed E-state index contributed by atoms with van der Waals surface area (Å²) in [5.74, 6) is -1.37. The van der Waals surface area contributed by atoms with E-state index in [1.165, 1.54) is 5.56 Å². The third-order valence-electron chi connectivity index (χ3n) is 4.20. The van der Waals surface area contributed by atoms with Crippen molar-refractivity contribution in [2.75, 3.05) is 6.54 Å². The van der Waals surface area contributed by atoms with E-state index in [4.69, 9.17) is 5.11 Å². The minimum Gasteiger partial charge on any atom is -0.480 e. The van der Waals surface area contributed by atoms with E-state index in [-0.39, 0.29) is 5.91 Å². The molecular weight excluding hydrogens is 268 g/mol. The van der Waals surface area contributed by atoms with Gasteiger partial charge in [0.25, 0.3) is 0 Å². The number of benzene rings is 1. The first-order valence-corrected chi connectivity index (χ1v) is 7.11. The van der Waals surface area contributed by atoms with Crippen LogP contribution in [0.25, 0.3) is 10.9 Å². The summed E-state index contributed by atoms with van der Waals surface area (Å²) in [6.45, 7) is 2.50. The van der Waals surface area contributed by atoms with Crippen molar-refractivity contribution >= 4 is 22.8 Å². The van der Waals surface area contributed by atoms with Gasteiger partial charge in [0.05, 0.1) is 0 Å². The molecule has 0 atom stereocenters. The number of carbonyl (C=O) groups is 2. The number of aromatic nitrogens is 1. The number of H-pyrrole nitrogens is 1. The first kappa shape index (κ1) is 13.7. The van der Waals surface area contributed by atoms with Gasteiger partial charge in [0, 0.05) is 23.6 Å². The molecule has 1 aliphatic rings. The van der Waals surface area contributed by atoms with Crippen LogP contribution in [-0.2, 0) is 16.0 Å². The molecule has 0 spiro atoms. The molecule has 2 aromatic rings. The molecule has 0 saturated heterocycles. The van der Waals surface area contributed by atoms with E-state index in [0.717, 1.165) is 16.5 Å². The number of hydrogen-bond donors (Lipinski definition) is 3. The number of nitrogens with one attached hydrogen (secondary N) is 2. The number of carboxylic acid groups (broad SMARTS) is 1. The molecule has 0 aliphatic heterocycles. The number of amides is 1. The molecule has 3 rings (SSSR count). The number of aliphatic carboxylic acids is 1. The van der Waals surface area contributed by atoms with E-state index in [9.17, 15) is 9.59 Å². The number of carboxylic acids is 1. The third kappa shape index (κ3) is 2.39. The van der Waals surface area contributed by atoms with Crippen molar-refractivity contribution in [3.63, 3.8) is 0 Å². The van der Waals surface area contributed by atoms with Crippen LogP contribution in [0, 0.1) is 12.3 Å². The Morgan fingerprint density at radius 2 is 2.14 bits per heavy atom. The Bertz CT molecular complexity index is 713. The minimum atomic E-state index is -1.16. The summed E-state index contributed by atoms with van der Waals surface area (Å²) in [6, 6.07) is 6.21. The number of hydrogen-bond acceptors (Lipinski definition) is 2. The molecule has 110 valence electrons. The molecule has 1 saturated carbocycles. The van der Waals surface area contributed by atoms with Crippen molar-refractivity contribution in [2.24, 2.45) is 5.41 Å². The quantitative estimate of drug-likeness (QED) is 0.735. The lowest BCUT2D eigenvalue weighted by Gasteiger charge is -2.10. The minimum absolute atomic E-state index is 0.356. The standard InChI is InChI=1S/C16H18N2O3/c1-10-2-3-12-11(9-18-13(12)8-10)4-7-17-14(19)16(5-6-16)15(20)21/h2-3,8-9,18H,4-7H2,1H3,(H,17,19)(H,20,21). The van der Waals surface area contributed by atoms with Crippen LogP contribution in [0.15, 0.2) is 24.4 Å². The highest BCUT2D eigenvalue weighted by Gasteiger charge is 2.56. The smallest absolute Gasteiger partial charge is 0.319 e. The molecule has 1 heterocycles. The second-order valence-electron chi connectivity index (χ2n) is 5.76. The average molecular weight is 286 g/mol. The maximum absolute atomic E-state index is 11.9. The predicted octanol–water partition coefficient (Wildman–Crippen LogP) is 2.00. The Balaban J connectivity index is 1.62. The van der Waals surface area contributed by atoms with Gasteiger partial charge in [-0.05, 0) is 43.4 Å². The number of rotatable bonds is 5. The van der Waals surface area contributed by atoms with Gasteiger partial charge in [-0.2, -0.15) is 0 Å². The molecule has 1 aromatic heterocycles. The zero-order valence-corrected chi connectivity index (χ0v) is 11.9. The van der Waals surface area contributed by atoms with Gasteiger partial charge in [0.1, 0.15) is 5.41 Å². The van der Waals surface area contributed by atoms with Gasteiger partial charge in [-0.1, -0.05) is 12.1 Å². The zero-order chi connectivity index (χ0) is 15.0. The van der Waals surface area contributed by atoms with E-state index in [0.29, 0.717) is 25.8 Å². The van der Waals surface area contributed by atoms with Crippen LogP contribution in [0.3, 0.4) is 0 Å². The van der Waals surface area contributed by atoms with Crippen LogP contribution in [0.1, 0.15) is 24.0 Å². The second kappa shape index (κ2) is 4.91. The number of carbonyl (C=O) groups excluding carboxylic acids is 1. The van der Waals surface area contributed by atoms with Crippen molar-refractivity contribution in [3.05, 3.63) is 35.5 Å². The fraction of sp³-hybridized carbons (Fsp3) is 0.375. The van der Waals surface area contributed by atoms with Crippen LogP contribution in [0.4, 0.5) is 0 Å². The molecule has 1 aliphatic carbocycles. The normalized spacial score (nSPS) is 15.9. The summed E-state index contributed by atoms with van der Waals surface area (Å²) >= 11 is 0. The molecule has 0 bridgehead atoms. The Labute approximate surface area is 122 Å². The Morgan fingerprint density at radius 3 is 2.81 bits per heavy atom. The van der Waals surface area contributed by atoms with Gasteiger partial charge in [-0.25, -0.2) is 0 Å². The summed E-state index contributed by atoms with van der Waals surface area (Å²) in [4.78, 5) is 26.2. The SMILES string of the molecule is Cc1ccc2c(CCNC(=O)C3(C(=O)O)CC3)c[nH]c2c1. The van der Waals surface area contributed by atoms with Crippen LogP contribution >= 0.6 is 0 Å². The highest BCUT2D eigenvalue weighted by Crippen LogP contribution is 2.46. The van der Waals surface area contributed by atoms with E-state index in [1.54, 1.807) is 0 Å². The van der Waals surface area contributed by atoms with Gasteiger partial charge in [-0.3, -0.25) is 9.59 Å². The summed E-state index contributed by atoms with van der Waals surface area (Å²) in [7, 11) is 0.